The standard InChI is InChI=1S/C13H14O2.C5H12.C2H6/c1-8-11-6-9-4-2-3-5-10(9)7-12(11)13(14)15-8;1-4-5(2)3;1-2/h2-5,8,11-12H,6-7H2,1H3;5H,4H2,1-3H3;1-2H3. The van der Waals surface area contributed by atoms with Gasteiger partial charge < -0.3 is 4.74 Å². The van der Waals surface area contributed by atoms with Gasteiger partial charge in [0.1, 0.15) is 6.10 Å². The highest BCUT2D eigenvalue weighted by molar-refractivity contribution is 5.76. The van der Waals surface area contributed by atoms with Crippen LogP contribution in [0.15, 0.2) is 24.3 Å². The lowest BCUT2D eigenvalue weighted by atomic mass is 9.75. The number of benzene rings is 1. The Labute approximate surface area is 136 Å². The van der Waals surface area contributed by atoms with Crippen LogP contribution in [0, 0.1) is 17.8 Å². The molecule has 1 saturated heterocycles. The van der Waals surface area contributed by atoms with Gasteiger partial charge in [-0.2, -0.15) is 0 Å². The van der Waals surface area contributed by atoms with Gasteiger partial charge in [-0.15, -0.1) is 0 Å². The third-order valence-corrected chi connectivity index (χ3v) is 4.55. The van der Waals surface area contributed by atoms with Crippen LogP contribution in [-0.2, 0) is 22.4 Å². The molecule has 124 valence electrons. The molecule has 0 amide bonds. The van der Waals surface area contributed by atoms with E-state index in [1.165, 1.54) is 17.5 Å². The minimum Gasteiger partial charge on any atom is -0.462 e. The molecule has 0 spiro atoms. The summed E-state index contributed by atoms with van der Waals surface area (Å²) in [5, 5.41) is 0. The van der Waals surface area contributed by atoms with Gasteiger partial charge in [-0.1, -0.05) is 65.3 Å². The first kappa shape index (κ1) is 18.7. The van der Waals surface area contributed by atoms with Gasteiger partial charge in [0.25, 0.3) is 0 Å². The fourth-order valence-electron chi connectivity index (χ4n) is 2.85. The molecule has 2 aliphatic rings. The van der Waals surface area contributed by atoms with Crippen LogP contribution in [0.3, 0.4) is 0 Å². The third-order valence-electron chi connectivity index (χ3n) is 4.55. The van der Waals surface area contributed by atoms with Crippen molar-refractivity contribution < 1.29 is 9.53 Å². The Hall–Kier alpha value is -1.31. The lowest BCUT2D eigenvalue weighted by molar-refractivity contribution is -0.143. The zero-order valence-electron chi connectivity index (χ0n) is 15.1. The minimum atomic E-state index is 0.00185. The van der Waals surface area contributed by atoms with E-state index in [0.29, 0.717) is 5.92 Å². The number of esters is 1. The molecule has 0 N–H and O–H groups in total. The fourth-order valence-corrected chi connectivity index (χ4v) is 2.85. The van der Waals surface area contributed by atoms with E-state index in [9.17, 15) is 4.79 Å². The first-order valence-corrected chi connectivity index (χ1v) is 8.80. The Balaban J connectivity index is 0.000000299. The van der Waals surface area contributed by atoms with Crippen LogP contribution in [0.2, 0.25) is 0 Å². The second kappa shape index (κ2) is 8.97. The summed E-state index contributed by atoms with van der Waals surface area (Å²) in [7, 11) is 0. The quantitative estimate of drug-likeness (QED) is 0.679. The van der Waals surface area contributed by atoms with Crippen molar-refractivity contribution in [3.05, 3.63) is 35.4 Å². The van der Waals surface area contributed by atoms with E-state index in [1.807, 2.05) is 26.8 Å². The molecule has 1 fully saturated rings. The molecule has 0 aromatic heterocycles. The van der Waals surface area contributed by atoms with Gasteiger partial charge in [-0.05, 0) is 36.8 Å². The van der Waals surface area contributed by atoms with E-state index in [-0.39, 0.29) is 18.0 Å². The van der Waals surface area contributed by atoms with Gasteiger partial charge in [0, 0.05) is 5.92 Å². The van der Waals surface area contributed by atoms with Gasteiger partial charge in [0.05, 0.1) is 5.92 Å². The van der Waals surface area contributed by atoms with Crippen LogP contribution in [0.25, 0.3) is 0 Å². The van der Waals surface area contributed by atoms with E-state index in [0.717, 1.165) is 18.8 Å². The molecular formula is C20H32O2. The van der Waals surface area contributed by atoms with Crippen molar-refractivity contribution in [3.8, 4) is 0 Å². The van der Waals surface area contributed by atoms with Crippen molar-refractivity contribution in [2.24, 2.45) is 17.8 Å². The SMILES string of the molecule is CC.CC1OC(=O)C2Cc3ccccc3CC12.CCC(C)C. The second-order valence-corrected chi connectivity index (χ2v) is 6.39. The molecule has 1 aliphatic heterocycles. The lowest BCUT2D eigenvalue weighted by Crippen LogP contribution is -2.28. The Morgan fingerprint density at radius 2 is 1.64 bits per heavy atom. The van der Waals surface area contributed by atoms with Crippen LogP contribution in [0.5, 0.6) is 0 Å². The van der Waals surface area contributed by atoms with E-state index in [2.05, 4.69) is 39.0 Å². The van der Waals surface area contributed by atoms with Crippen molar-refractivity contribution in [1.82, 2.24) is 0 Å². The summed E-state index contributed by atoms with van der Waals surface area (Å²) >= 11 is 0. The van der Waals surface area contributed by atoms with Crippen molar-refractivity contribution in [2.45, 2.75) is 66.9 Å². The van der Waals surface area contributed by atoms with Crippen molar-refractivity contribution >= 4 is 5.97 Å². The molecular weight excluding hydrogens is 272 g/mol. The molecule has 0 radical (unpaired) electrons. The predicted octanol–water partition coefficient (Wildman–Crippen LogP) is 5.04. The van der Waals surface area contributed by atoms with E-state index < -0.39 is 0 Å². The Bertz CT molecular complexity index is 465. The fraction of sp³-hybridized carbons (Fsp3) is 0.650. The van der Waals surface area contributed by atoms with E-state index >= 15 is 0 Å². The monoisotopic (exact) mass is 304 g/mol. The highest BCUT2D eigenvalue weighted by atomic mass is 16.6. The van der Waals surface area contributed by atoms with Crippen molar-refractivity contribution in [1.29, 1.82) is 0 Å². The number of hydrogen-bond acceptors (Lipinski definition) is 2. The van der Waals surface area contributed by atoms with Crippen LogP contribution >= 0.6 is 0 Å². The average Bonchev–Trinajstić information content (AvgIpc) is 2.82. The second-order valence-electron chi connectivity index (χ2n) is 6.39. The maximum absolute atomic E-state index is 11.6. The number of carbonyl (C=O) groups excluding carboxylic acids is 1. The summed E-state index contributed by atoms with van der Waals surface area (Å²) in [6.45, 7) is 12.7. The zero-order chi connectivity index (χ0) is 16.7. The number of hydrogen-bond donors (Lipinski definition) is 0. The summed E-state index contributed by atoms with van der Waals surface area (Å²) in [6.07, 6.45) is 3.26. The molecule has 2 nitrogen and oxygen atoms in total. The highest BCUT2D eigenvalue weighted by Crippen LogP contribution is 2.38. The molecule has 3 rings (SSSR count). The summed E-state index contributed by atoms with van der Waals surface area (Å²) in [4.78, 5) is 11.6. The van der Waals surface area contributed by atoms with Crippen LogP contribution in [0.1, 0.15) is 59.1 Å². The molecule has 1 heterocycles. The van der Waals surface area contributed by atoms with Crippen molar-refractivity contribution in [2.75, 3.05) is 0 Å². The first-order chi connectivity index (χ1) is 10.5. The summed E-state index contributed by atoms with van der Waals surface area (Å²) in [5.41, 5.74) is 2.72. The summed E-state index contributed by atoms with van der Waals surface area (Å²) in [5.74, 6) is 1.39. The van der Waals surface area contributed by atoms with E-state index in [1.54, 1.807) is 0 Å². The van der Waals surface area contributed by atoms with Crippen LogP contribution < -0.4 is 0 Å². The normalized spacial score (nSPS) is 25.0. The number of rotatable bonds is 1. The minimum absolute atomic E-state index is 0.00185. The Kier molecular flexibility index (Phi) is 7.64. The molecule has 3 atom stereocenters. The van der Waals surface area contributed by atoms with Gasteiger partial charge >= 0.3 is 5.97 Å². The first-order valence-electron chi connectivity index (χ1n) is 8.80. The topological polar surface area (TPSA) is 26.3 Å². The Morgan fingerprint density at radius 3 is 2.14 bits per heavy atom. The number of fused-ring (bicyclic) bond motifs is 2. The smallest absolute Gasteiger partial charge is 0.309 e. The lowest BCUT2D eigenvalue weighted by Gasteiger charge is -2.25. The molecule has 2 heteroatoms. The van der Waals surface area contributed by atoms with Crippen LogP contribution in [0.4, 0.5) is 0 Å². The molecule has 22 heavy (non-hydrogen) atoms. The molecule has 0 bridgehead atoms. The molecule has 3 unspecified atom stereocenters. The summed E-state index contributed by atoms with van der Waals surface area (Å²) in [6, 6.07) is 8.41. The maximum Gasteiger partial charge on any atom is 0.309 e. The molecule has 0 saturated carbocycles. The largest absolute Gasteiger partial charge is 0.462 e. The zero-order valence-corrected chi connectivity index (χ0v) is 15.1. The van der Waals surface area contributed by atoms with Gasteiger partial charge in [0.15, 0.2) is 0 Å². The van der Waals surface area contributed by atoms with Gasteiger partial charge in [0.2, 0.25) is 0 Å². The molecule has 1 aromatic rings. The van der Waals surface area contributed by atoms with Crippen molar-refractivity contribution in [3.63, 3.8) is 0 Å². The van der Waals surface area contributed by atoms with E-state index in [4.69, 9.17) is 4.74 Å². The van der Waals surface area contributed by atoms with Gasteiger partial charge in [-0.3, -0.25) is 4.79 Å². The van der Waals surface area contributed by atoms with Gasteiger partial charge in [-0.25, -0.2) is 0 Å². The number of carbonyl (C=O) groups is 1. The molecule has 1 aliphatic carbocycles. The Morgan fingerprint density at radius 1 is 1.14 bits per heavy atom. The average molecular weight is 304 g/mol. The predicted molar refractivity (Wildman–Crippen MR) is 92.9 cm³/mol. The molecule has 1 aromatic carbocycles. The third kappa shape index (κ3) is 4.59. The summed E-state index contributed by atoms with van der Waals surface area (Å²) < 4.78 is 5.30. The highest BCUT2D eigenvalue weighted by Gasteiger charge is 2.44. The number of cyclic esters (lactones) is 1. The number of ether oxygens (including phenoxy) is 1. The maximum atomic E-state index is 11.6. The van der Waals surface area contributed by atoms with Crippen LogP contribution in [-0.4, -0.2) is 12.1 Å².